The van der Waals surface area contributed by atoms with E-state index < -0.39 is 40.4 Å². The number of alkyl halides is 6. The van der Waals surface area contributed by atoms with Crippen molar-refractivity contribution in [1.29, 1.82) is 0 Å². The summed E-state index contributed by atoms with van der Waals surface area (Å²) >= 11 is 9.14. The molecule has 1 unspecified atom stereocenters. The van der Waals surface area contributed by atoms with Crippen LogP contribution in [0.5, 0.6) is 5.75 Å². The van der Waals surface area contributed by atoms with Gasteiger partial charge in [0, 0.05) is 45.5 Å². The normalized spacial score (nSPS) is 16.9. The van der Waals surface area contributed by atoms with Crippen molar-refractivity contribution in [2.45, 2.75) is 109 Å². The summed E-state index contributed by atoms with van der Waals surface area (Å²) in [4.78, 5) is 14.1. The van der Waals surface area contributed by atoms with Crippen LogP contribution in [0.25, 0.3) is 22.3 Å². The topological polar surface area (TPSA) is 35.5 Å². The third kappa shape index (κ3) is 8.34. The fourth-order valence-electron chi connectivity index (χ4n) is 8.13. The van der Waals surface area contributed by atoms with Crippen molar-refractivity contribution in [2.24, 2.45) is 0 Å². The number of esters is 1. The fraction of sp³-hybridized carbons (Fsp3) is 0.370. The molecule has 0 aliphatic heterocycles. The monoisotopic (exact) mass is 978 g/mol. The van der Waals surface area contributed by atoms with Gasteiger partial charge in [0.25, 0.3) is 0 Å². The van der Waals surface area contributed by atoms with Gasteiger partial charge in [-0.25, -0.2) is 4.79 Å². The number of benzene rings is 3. The smallest absolute Gasteiger partial charge is 0.380 e. The van der Waals surface area contributed by atoms with Gasteiger partial charge in [-0.2, -0.15) is 26.3 Å². The van der Waals surface area contributed by atoms with Crippen molar-refractivity contribution in [1.82, 2.24) is 0 Å². The SMILES string of the molecule is CCCCCCCC(C)Oc1ccc(C(=O)OCc2cc(C3=C(c4cc(CC5c6cc(Br)ccc6-c6ccc(Br)cc65)sc4C)C(F)(F)C(F)(F)C3(F)F)c(C)s2)cc1. The third-order valence-corrected chi connectivity index (χ3v) is 14.2. The van der Waals surface area contributed by atoms with Gasteiger partial charge in [-0.3, -0.25) is 0 Å². The second-order valence-corrected chi connectivity index (χ2v) is 19.8. The van der Waals surface area contributed by atoms with Crippen LogP contribution in [0.2, 0.25) is 0 Å². The summed E-state index contributed by atoms with van der Waals surface area (Å²) in [5.41, 5.74) is 0.702. The summed E-state index contributed by atoms with van der Waals surface area (Å²) in [6.07, 6.45) is 7.05. The Morgan fingerprint density at radius 2 is 1.24 bits per heavy atom. The molecule has 0 radical (unpaired) electrons. The van der Waals surface area contributed by atoms with E-state index >= 15 is 26.3 Å². The molecule has 0 amide bonds. The highest BCUT2D eigenvalue weighted by molar-refractivity contribution is 9.10. The van der Waals surface area contributed by atoms with Crippen LogP contribution in [-0.2, 0) is 17.8 Å². The summed E-state index contributed by atoms with van der Waals surface area (Å²) in [5.74, 6) is -16.4. The minimum atomic E-state index is -5.70. The number of hydrogen-bond acceptors (Lipinski definition) is 5. The third-order valence-electron chi connectivity index (χ3n) is 11.1. The Balaban J connectivity index is 1.13. The van der Waals surface area contributed by atoms with Crippen LogP contribution in [0.3, 0.4) is 0 Å². The van der Waals surface area contributed by atoms with Crippen LogP contribution in [-0.4, -0.2) is 29.8 Å². The molecule has 312 valence electrons. The van der Waals surface area contributed by atoms with Gasteiger partial charge in [-0.05, 0) is 134 Å². The quantitative estimate of drug-likeness (QED) is 0.0596. The summed E-state index contributed by atoms with van der Waals surface area (Å²) in [6.45, 7) is 6.68. The van der Waals surface area contributed by atoms with E-state index in [1.807, 2.05) is 43.3 Å². The molecule has 0 bridgehead atoms. The maximum atomic E-state index is 16.0. The lowest BCUT2D eigenvalue weighted by molar-refractivity contribution is -0.254. The number of aryl methyl sites for hydroxylation is 2. The average Bonchev–Trinajstić information content (AvgIpc) is 3.85. The van der Waals surface area contributed by atoms with Gasteiger partial charge >= 0.3 is 23.7 Å². The van der Waals surface area contributed by atoms with Gasteiger partial charge in [0.05, 0.1) is 11.7 Å². The maximum Gasteiger partial charge on any atom is 0.380 e. The number of hydrogen-bond donors (Lipinski definition) is 0. The first-order chi connectivity index (χ1) is 27.9. The second kappa shape index (κ2) is 17.2. The molecule has 0 saturated carbocycles. The van der Waals surface area contributed by atoms with E-state index in [4.69, 9.17) is 9.47 Å². The van der Waals surface area contributed by atoms with Crippen molar-refractivity contribution < 1.29 is 40.6 Å². The molecule has 1 atom stereocenters. The van der Waals surface area contributed by atoms with Gasteiger partial charge in [0.15, 0.2) is 0 Å². The Kier molecular flexibility index (Phi) is 12.7. The summed E-state index contributed by atoms with van der Waals surface area (Å²) in [6, 6.07) is 20.8. The van der Waals surface area contributed by atoms with Crippen molar-refractivity contribution >= 4 is 71.6 Å². The van der Waals surface area contributed by atoms with Crippen LogP contribution >= 0.6 is 54.5 Å². The predicted molar refractivity (Wildman–Crippen MR) is 232 cm³/mol. The summed E-state index contributed by atoms with van der Waals surface area (Å²) < 4.78 is 108. The first-order valence-corrected chi connectivity index (χ1v) is 22.8. The van der Waals surface area contributed by atoms with Crippen LogP contribution in [0.15, 0.2) is 81.7 Å². The molecule has 13 heteroatoms. The van der Waals surface area contributed by atoms with Crippen LogP contribution < -0.4 is 4.74 Å². The van der Waals surface area contributed by atoms with Gasteiger partial charge in [0.1, 0.15) is 12.4 Å². The maximum absolute atomic E-state index is 16.0. The molecule has 59 heavy (non-hydrogen) atoms. The number of carbonyl (C=O) groups is 1. The number of fused-ring (bicyclic) bond motifs is 3. The number of allylic oxidation sites excluding steroid dienone is 2. The van der Waals surface area contributed by atoms with Crippen LogP contribution in [0, 0.1) is 13.8 Å². The zero-order valence-corrected chi connectivity index (χ0v) is 37.6. The van der Waals surface area contributed by atoms with E-state index in [0.717, 1.165) is 79.2 Å². The van der Waals surface area contributed by atoms with Crippen LogP contribution in [0.1, 0.15) is 110 Å². The number of unbranched alkanes of at least 4 members (excludes halogenated alkanes) is 4. The zero-order chi connectivity index (χ0) is 42.4. The summed E-state index contributed by atoms with van der Waals surface area (Å²) in [7, 11) is 0. The van der Waals surface area contributed by atoms with Gasteiger partial charge in [0.2, 0.25) is 0 Å². The first-order valence-electron chi connectivity index (χ1n) is 19.6. The van der Waals surface area contributed by atoms with Gasteiger partial charge in [-0.1, -0.05) is 76.6 Å². The van der Waals surface area contributed by atoms with Crippen molar-refractivity contribution in [3.05, 3.63) is 129 Å². The summed E-state index contributed by atoms with van der Waals surface area (Å²) in [5, 5.41) is 0. The Morgan fingerprint density at radius 3 is 1.80 bits per heavy atom. The molecule has 3 aromatic carbocycles. The largest absolute Gasteiger partial charge is 0.491 e. The number of carbonyl (C=O) groups excluding carboxylic acids is 1. The average molecular weight is 981 g/mol. The highest BCUT2D eigenvalue weighted by Gasteiger charge is 2.80. The van der Waals surface area contributed by atoms with Crippen molar-refractivity contribution in [2.75, 3.05) is 0 Å². The van der Waals surface area contributed by atoms with Crippen molar-refractivity contribution in [3.8, 4) is 16.9 Å². The van der Waals surface area contributed by atoms with E-state index in [9.17, 15) is 4.79 Å². The Morgan fingerprint density at radius 1 is 0.712 bits per heavy atom. The first kappa shape index (κ1) is 43.7. The number of thiophene rings is 2. The van der Waals surface area contributed by atoms with E-state index in [2.05, 4.69) is 38.8 Å². The fourth-order valence-corrected chi connectivity index (χ4v) is 10.9. The molecular weight excluding hydrogens is 938 g/mol. The van der Waals surface area contributed by atoms with Gasteiger partial charge < -0.3 is 9.47 Å². The molecule has 3 nitrogen and oxygen atoms in total. The Bertz CT molecular complexity index is 2350. The van der Waals surface area contributed by atoms with E-state index in [0.29, 0.717) is 17.0 Å². The molecule has 0 saturated heterocycles. The second-order valence-electron chi connectivity index (χ2n) is 15.3. The highest BCUT2D eigenvalue weighted by Crippen LogP contribution is 2.66. The zero-order valence-electron chi connectivity index (χ0n) is 32.8. The molecule has 2 aromatic heterocycles. The minimum Gasteiger partial charge on any atom is -0.491 e. The number of halogens is 8. The molecule has 0 N–H and O–H groups in total. The molecule has 2 aliphatic carbocycles. The van der Waals surface area contributed by atoms with E-state index in [1.54, 1.807) is 24.3 Å². The standard InChI is InChI=1S/C46H42Br2F6O3S2/c1-5-6-7-8-9-10-25(2)57-31-15-11-28(12-16-31)43(55)56-24-33-23-37(27(4)59-33)42-41(44(49,50)46(53,54)45(42,51)52)36-21-32(58-26(36)3)22-40-38-19-29(47)13-17-34(38)35-18-14-30(48)20-39(35)40/h11-21,23,25,40H,5-10,22,24H2,1-4H3. The van der Waals surface area contributed by atoms with E-state index in [1.165, 1.54) is 39.2 Å². The molecule has 0 spiro atoms. The molecular formula is C46H42Br2F6O3S2. The molecule has 7 rings (SSSR count). The number of ether oxygens (including phenoxy) is 2. The minimum absolute atomic E-state index is 0.00172. The number of rotatable bonds is 15. The predicted octanol–water partition coefficient (Wildman–Crippen LogP) is 15.6. The van der Waals surface area contributed by atoms with Crippen molar-refractivity contribution in [3.63, 3.8) is 0 Å². The lowest BCUT2D eigenvalue weighted by Crippen LogP contribution is -2.48. The molecule has 2 aliphatic rings. The molecule has 2 heterocycles. The lowest BCUT2D eigenvalue weighted by atomic mass is 9.91. The van der Waals surface area contributed by atoms with Crippen LogP contribution in [0.4, 0.5) is 26.3 Å². The highest BCUT2D eigenvalue weighted by atomic mass is 79.9. The van der Waals surface area contributed by atoms with Gasteiger partial charge in [-0.15, -0.1) is 22.7 Å². The molecule has 5 aromatic rings. The molecule has 0 fully saturated rings. The lowest BCUT2D eigenvalue weighted by Gasteiger charge is -2.25. The van der Waals surface area contributed by atoms with E-state index in [-0.39, 0.29) is 44.4 Å². The Labute approximate surface area is 365 Å². The Hall–Kier alpha value is -3.39.